The largest absolute Gasteiger partial charge is 0.352 e. The lowest BCUT2D eigenvalue weighted by Gasteiger charge is -2.13. The van der Waals surface area contributed by atoms with E-state index in [1.807, 2.05) is 45.0 Å². The molecule has 0 aliphatic carbocycles. The van der Waals surface area contributed by atoms with Gasteiger partial charge in [0.1, 0.15) is 5.52 Å². The summed E-state index contributed by atoms with van der Waals surface area (Å²) in [6.45, 7) is 5.60. The zero-order valence-electron chi connectivity index (χ0n) is 9.07. The van der Waals surface area contributed by atoms with Crippen LogP contribution in [0, 0.1) is 5.41 Å². The van der Waals surface area contributed by atoms with Crippen LogP contribution in [0.1, 0.15) is 31.3 Å². The van der Waals surface area contributed by atoms with Crippen molar-refractivity contribution in [3.63, 3.8) is 0 Å². The van der Waals surface area contributed by atoms with Crippen molar-refractivity contribution in [2.45, 2.75) is 20.8 Å². The number of fused-ring (bicyclic) bond motifs is 1. The topological polar surface area (TPSA) is 43.1 Å². The SMILES string of the molecule is CC(C)(C)C(=O)c1onc2ccccc12. The number of hydrogen-bond acceptors (Lipinski definition) is 3. The minimum absolute atomic E-state index is 0.0174. The van der Waals surface area contributed by atoms with Gasteiger partial charge in [0.2, 0.25) is 11.5 Å². The third kappa shape index (κ3) is 1.65. The maximum Gasteiger partial charge on any atom is 0.210 e. The summed E-state index contributed by atoms with van der Waals surface area (Å²) in [6.07, 6.45) is 0. The van der Waals surface area contributed by atoms with Gasteiger partial charge < -0.3 is 4.52 Å². The standard InChI is InChI=1S/C12H13NO2/c1-12(2,3)11(14)10-8-6-4-5-7-9(8)13-15-10/h4-7H,1-3H3. The molecule has 0 atom stereocenters. The number of Topliss-reactive ketones (excluding diaryl/α,β-unsaturated/α-hetero) is 1. The summed E-state index contributed by atoms with van der Waals surface area (Å²) < 4.78 is 5.10. The summed E-state index contributed by atoms with van der Waals surface area (Å²) in [5.41, 5.74) is 0.285. The fourth-order valence-electron chi connectivity index (χ4n) is 1.39. The molecule has 0 aliphatic heterocycles. The molecule has 3 nitrogen and oxygen atoms in total. The van der Waals surface area contributed by atoms with Crippen LogP contribution in [0.25, 0.3) is 10.9 Å². The molecule has 0 saturated carbocycles. The van der Waals surface area contributed by atoms with Crippen LogP contribution in [-0.2, 0) is 0 Å². The molecule has 2 rings (SSSR count). The number of carbonyl (C=O) groups excluding carboxylic acids is 1. The molecule has 15 heavy (non-hydrogen) atoms. The van der Waals surface area contributed by atoms with Gasteiger partial charge in [-0.2, -0.15) is 0 Å². The first-order valence-corrected chi connectivity index (χ1v) is 4.89. The van der Waals surface area contributed by atoms with Crippen molar-refractivity contribution in [3.05, 3.63) is 30.0 Å². The van der Waals surface area contributed by atoms with Crippen molar-refractivity contribution >= 4 is 16.7 Å². The molecule has 0 spiro atoms. The monoisotopic (exact) mass is 203 g/mol. The number of ketones is 1. The zero-order chi connectivity index (χ0) is 11.1. The maximum absolute atomic E-state index is 12.0. The van der Waals surface area contributed by atoms with E-state index in [0.717, 1.165) is 10.9 Å². The third-order valence-corrected chi connectivity index (χ3v) is 2.27. The Morgan fingerprint density at radius 1 is 1.27 bits per heavy atom. The molecule has 0 fully saturated rings. The predicted octanol–water partition coefficient (Wildman–Crippen LogP) is 3.06. The van der Waals surface area contributed by atoms with Gasteiger partial charge >= 0.3 is 0 Å². The molecular formula is C12H13NO2. The molecule has 0 amide bonds. The van der Waals surface area contributed by atoms with Crippen LogP contribution < -0.4 is 0 Å². The third-order valence-electron chi connectivity index (χ3n) is 2.27. The van der Waals surface area contributed by atoms with Crippen molar-refractivity contribution in [1.29, 1.82) is 0 Å². The molecule has 0 aliphatic rings. The molecule has 0 saturated heterocycles. The van der Waals surface area contributed by atoms with E-state index in [0.29, 0.717) is 5.76 Å². The van der Waals surface area contributed by atoms with Crippen LogP contribution in [-0.4, -0.2) is 10.9 Å². The number of hydrogen-bond donors (Lipinski definition) is 0. The van der Waals surface area contributed by atoms with E-state index in [2.05, 4.69) is 5.16 Å². The molecule has 3 heteroatoms. The highest BCUT2D eigenvalue weighted by molar-refractivity contribution is 6.07. The van der Waals surface area contributed by atoms with Crippen LogP contribution in [0.4, 0.5) is 0 Å². The highest BCUT2D eigenvalue weighted by atomic mass is 16.5. The van der Waals surface area contributed by atoms with Gasteiger partial charge in [-0.15, -0.1) is 0 Å². The second kappa shape index (κ2) is 3.19. The summed E-state index contributed by atoms with van der Waals surface area (Å²) >= 11 is 0. The van der Waals surface area contributed by atoms with Crippen molar-refractivity contribution in [1.82, 2.24) is 5.16 Å². The summed E-state index contributed by atoms with van der Waals surface area (Å²) in [4.78, 5) is 12.0. The van der Waals surface area contributed by atoms with E-state index in [1.165, 1.54) is 0 Å². The molecule has 0 unspecified atom stereocenters. The van der Waals surface area contributed by atoms with E-state index in [1.54, 1.807) is 0 Å². The first kappa shape index (κ1) is 9.90. The number of aromatic nitrogens is 1. The van der Waals surface area contributed by atoms with Crippen LogP contribution >= 0.6 is 0 Å². The Labute approximate surface area is 88.1 Å². The van der Waals surface area contributed by atoms with Crippen LogP contribution in [0.3, 0.4) is 0 Å². The van der Waals surface area contributed by atoms with E-state index in [-0.39, 0.29) is 5.78 Å². The molecule has 78 valence electrons. The molecule has 1 aromatic heterocycles. The van der Waals surface area contributed by atoms with Crippen LogP contribution in [0.5, 0.6) is 0 Å². The van der Waals surface area contributed by atoms with Crippen molar-refractivity contribution in [2.24, 2.45) is 5.41 Å². The van der Waals surface area contributed by atoms with Crippen molar-refractivity contribution in [3.8, 4) is 0 Å². The highest BCUT2D eigenvalue weighted by Gasteiger charge is 2.28. The van der Waals surface area contributed by atoms with E-state index in [4.69, 9.17) is 4.52 Å². The molecule has 2 aromatic rings. The quantitative estimate of drug-likeness (QED) is 0.669. The Balaban J connectivity index is 2.58. The highest BCUT2D eigenvalue weighted by Crippen LogP contribution is 2.26. The van der Waals surface area contributed by atoms with E-state index < -0.39 is 5.41 Å². The normalized spacial score (nSPS) is 11.9. The minimum atomic E-state index is -0.442. The summed E-state index contributed by atoms with van der Waals surface area (Å²) in [5, 5.41) is 4.65. The van der Waals surface area contributed by atoms with Gasteiger partial charge in [0.25, 0.3) is 0 Å². The minimum Gasteiger partial charge on any atom is -0.352 e. The Morgan fingerprint density at radius 3 is 2.60 bits per heavy atom. The number of carbonyl (C=O) groups is 1. The first-order chi connectivity index (χ1) is 7.00. The molecule has 0 N–H and O–H groups in total. The van der Waals surface area contributed by atoms with Crippen molar-refractivity contribution in [2.75, 3.05) is 0 Å². The van der Waals surface area contributed by atoms with Gasteiger partial charge in [-0.1, -0.05) is 38.1 Å². The Hall–Kier alpha value is -1.64. The summed E-state index contributed by atoms with van der Waals surface area (Å²) in [7, 11) is 0. The van der Waals surface area contributed by atoms with Gasteiger partial charge in [-0.3, -0.25) is 4.79 Å². The van der Waals surface area contributed by atoms with Gasteiger partial charge in [0.05, 0.1) is 5.39 Å². The lowest BCUT2D eigenvalue weighted by molar-refractivity contribution is 0.0821. The summed E-state index contributed by atoms with van der Waals surface area (Å²) in [5.74, 6) is 0.342. The Kier molecular flexibility index (Phi) is 2.11. The Morgan fingerprint density at radius 2 is 1.93 bits per heavy atom. The average molecular weight is 203 g/mol. The fraction of sp³-hybridized carbons (Fsp3) is 0.333. The van der Waals surface area contributed by atoms with E-state index >= 15 is 0 Å². The lowest BCUT2D eigenvalue weighted by Crippen LogP contribution is -2.19. The molecular weight excluding hydrogens is 190 g/mol. The first-order valence-electron chi connectivity index (χ1n) is 4.89. The van der Waals surface area contributed by atoms with Crippen LogP contribution in [0.2, 0.25) is 0 Å². The maximum atomic E-state index is 12.0. The molecule has 0 radical (unpaired) electrons. The van der Waals surface area contributed by atoms with Gasteiger partial charge in [-0.05, 0) is 12.1 Å². The Bertz CT molecular complexity index is 506. The average Bonchev–Trinajstić information content (AvgIpc) is 2.58. The second-order valence-corrected chi connectivity index (χ2v) is 4.61. The van der Waals surface area contributed by atoms with Gasteiger partial charge in [-0.25, -0.2) is 0 Å². The van der Waals surface area contributed by atoms with Crippen molar-refractivity contribution < 1.29 is 9.32 Å². The van der Waals surface area contributed by atoms with E-state index in [9.17, 15) is 4.79 Å². The molecule has 1 aromatic carbocycles. The number of benzene rings is 1. The number of nitrogens with zero attached hydrogens (tertiary/aromatic N) is 1. The zero-order valence-corrected chi connectivity index (χ0v) is 9.07. The lowest BCUT2D eigenvalue weighted by atomic mass is 9.88. The smallest absolute Gasteiger partial charge is 0.210 e. The fourth-order valence-corrected chi connectivity index (χ4v) is 1.39. The summed E-state index contributed by atoms with van der Waals surface area (Å²) in [6, 6.07) is 7.43. The second-order valence-electron chi connectivity index (χ2n) is 4.61. The van der Waals surface area contributed by atoms with Gasteiger partial charge in [0, 0.05) is 5.41 Å². The van der Waals surface area contributed by atoms with Gasteiger partial charge in [0.15, 0.2) is 0 Å². The molecule has 1 heterocycles. The van der Waals surface area contributed by atoms with Crippen LogP contribution in [0.15, 0.2) is 28.8 Å². The molecule has 0 bridgehead atoms. The number of rotatable bonds is 1. The predicted molar refractivity (Wildman–Crippen MR) is 57.8 cm³/mol.